The smallest absolute Gasteiger partial charge is 0.223 e. The number of benzene rings is 1. The Kier molecular flexibility index (Phi) is 6.15. The molecule has 0 fully saturated rings. The van der Waals surface area contributed by atoms with Crippen LogP contribution in [0.3, 0.4) is 0 Å². The summed E-state index contributed by atoms with van der Waals surface area (Å²) in [6.45, 7) is 6.71. The van der Waals surface area contributed by atoms with Gasteiger partial charge in [0, 0.05) is 42.3 Å². The number of aromatic nitrogens is 2. The van der Waals surface area contributed by atoms with Crippen LogP contribution < -0.4 is 0 Å². The Bertz CT molecular complexity index is 742. The molecule has 0 bridgehead atoms. The molecule has 0 N–H and O–H groups in total. The molecule has 2 rings (SSSR count). The van der Waals surface area contributed by atoms with Crippen molar-refractivity contribution in [3.8, 4) is 0 Å². The van der Waals surface area contributed by atoms with Crippen molar-refractivity contribution in [1.82, 2.24) is 14.7 Å². The number of nitrogens with zero attached hydrogens (tertiary/aromatic N) is 3. The van der Waals surface area contributed by atoms with Crippen LogP contribution in [0.5, 0.6) is 0 Å². The Balaban J connectivity index is 2.05. The van der Waals surface area contributed by atoms with Crippen molar-refractivity contribution in [2.24, 2.45) is 7.05 Å². The van der Waals surface area contributed by atoms with Crippen LogP contribution in [0.4, 0.5) is 4.39 Å². The quantitative estimate of drug-likeness (QED) is 0.743. The molecule has 2 aromatic rings. The molecule has 0 saturated heterocycles. The van der Waals surface area contributed by atoms with Crippen LogP contribution >= 0.6 is 15.9 Å². The lowest BCUT2D eigenvalue weighted by Gasteiger charge is -2.21. The Hall–Kier alpha value is -1.69. The van der Waals surface area contributed by atoms with Crippen LogP contribution in [0.15, 0.2) is 22.7 Å². The third-order valence-electron chi connectivity index (χ3n) is 4.35. The van der Waals surface area contributed by atoms with Crippen LogP contribution in [0.25, 0.3) is 0 Å². The number of aryl methyl sites for hydroxylation is 2. The van der Waals surface area contributed by atoms with Gasteiger partial charge in [0.2, 0.25) is 5.91 Å². The zero-order valence-electron chi connectivity index (χ0n) is 14.6. The van der Waals surface area contributed by atoms with E-state index in [-0.39, 0.29) is 18.3 Å². The van der Waals surface area contributed by atoms with Gasteiger partial charge in [0.05, 0.1) is 5.69 Å². The molecule has 1 heterocycles. The van der Waals surface area contributed by atoms with Gasteiger partial charge in [0.1, 0.15) is 5.82 Å². The van der Waals surface area contributed by atoms with Gasteiger partial charge in [0.15, 0.2) is 0 Å². The first-order valence-electron chi connectivity index (χ1n) is 8.04. The van der Waals surface area contributed by atoms with Gasteiger partial charge >= 0.3 is 0 Å². The maximum absolute atomic E-state index is 13.9. The highest BCUT2D eigenvalue weighted by atomic mass is 79.9. The molecule has 6 heteroatoms. The lowest BCUT2D eigenvalue weighted by molar-refractivity contribution is -0.131. The number of halogens is 2. The third kappa shape index (κ3) is 4.23. The van der Waals surface area contributed by atoms with Crippen LogP contribution in [-0.2, 0) is 24.8 Å². The number of carbonyl (C=O) groups excluding carboxylic acids is 1. The second-order valence-electron chi connectivity index (χ2n) is 5.92. The predicted octanol–water partition coefficient (Wildman–Crippen LogP) is 3.92. The van der Waals surface area contributed by atoms with E-state index in [1.807, 2.05) is 32.5 Å². The second-order valence-corrected chi connectivity index (χ2v) is 6.83. The van der Waals surface area contributed by atoms with E-state index in [4.69, 9.17) is 0 Å². The van der Waals surface area contributed by atoms with Gasteiger partial charge in [-0.15, -0.1) is 0 Å². The van der Waals surface area contributed by atoms with Crippen molar-refractivity contribution in [2.75, 3.05) is 6.54 Å². The number of hydrogen-bond acceptors (Lipinski definition) is 2. The van der Waals surface area contributed by atoms with Crippen molar-refractivity contribution in [1.29, 1.82) is 0 Å². The average Bonchev–Trinajstić information content (AvgIpc) is 2.78. The van der Waals surface area contributed by atoms with E-state index in [1.165, 1.54) is 6.07 Å². The van der Waals surface area contributed by atoms with Gasteiger partial charge in [-0.1, -0.05) is 15.9 Å². The summed E-state index contributed by atoms with van der Waals surface area (Å²) < 4.78 is 16.6. The van der Waals surface area contributed by atoms with Gasteiger partial charge in [-0.3, -0.25) is 9.48 Å². The fraction of sp³-hybridized carbons (Fsp3) is 0.444. The zero-order valence-corrected chi connectivity index (χ0v) is 16.2. The predicted molar refractivity (Wildman–Crippen MR) is 96.2 cm³/mol. The minimum atomic E-state index is -0.289. The molecule has 0 aliphatic rings. The first-order chi connectivity index (χ1) is 11.3. The van der Waals surface area contributed by atoms with Crippen molar-refractivity contribution < 1.29 is 9.18 Å². The molecule has 0 saturated carbocycles. The summed E-state index contributed by atoms with van der Waals surface area (Å²) in [6, 6.07) is 4.80. The molecular weight excluding hydrogens is 373 g/mol. The monoisotopic (exact) mass is 395 g/mol. The maximum atomic E-state index is 13.9. The molecule has 0 aliphatic heterocycles. The van der Waals surface area contributed by atoms with Gasteiger partial charge in [-0.05, 0) is 51.0 Å². The van der Waals surface area contributed by atoms with Gasteiger partial charge in [-0.25, -0.2) is 4.39 Å². The Morgan fingerprint density at radius 1 is 1.38 bits per heavy atom. The first-order valence-corrected chi connectivity index (χ1v) is 8.83. The van der Waals surface area contributed by atoms with E-state index in [2.05, 4.69) is 21.0 Å². The fourth-order valence-electron chi connectivity index (χ4n) is 2.82. The molecule has 1 amide bonds. The SMILES string of the molecule is CCN(Cc1cc(Br)ccc1F)C(=O)CCc1c(C)nn(C)c1C. The van der Waals surface area contributed by atoms with Gasteiger partial charge < -0.3 is 4.90 Å². The molecule has 1 aromatic carbocycles. The average molecular weight is 396 g/mol. The third-order valence-corrected chi connectivity index (χ3v) is 4.84. The van der Waals surface area contributed by atoms with E-state index >= 15 is 0 Å². The van der Waals surface area contributed by atoms with E-state index < -0.39 is 0 Å². The molecular formula is C18H23BrFN3O. The summed E-state index contributed by atoms with van der Waals surface area (Å²) in [6.07, 6.45) is 1.05. The van der Waals surface area contributed by atoms with Crippen molar-refractivity contribution >= 4 is 21.8 Å². The molecule has 0 spiro atoms. The molecule has 0 radical (unpaired) electrons. The van der Waals surface area contributed by atoms with E-state index in [9.17, 15) is 9.18 Å². The van der Waals surface area contributed by atoms with Crippen molar-refractivity contribution in [3.63, 3.8) is 0 Å². The summed E-state index contributed by atoms with van der Waals surface area (Å²) in [5.74, 6) is -0.261. The molecule has 1 aromatic heterocycles. The summed E-state index contributed by atoms with van der Waals surface area (Å²) in [4.78, 5) is 14.2. The largest absolute Gasteiger partial charge is 0.339 e. The lowest BCUT2D eigenvalue weighted by Crippen LogP contribution is -2.30. The zero-order chi connectivity index (χ0) is 17.9. The molecule has 0 aliphatic carbocycles. The van der Waals surface area contributed by atoms with Gasteiger partial charge in [0.25, 0.3) is 0 Å². The number of amides is 1. The first kappa shape index (κ1) is 18.6. The highest BCUT2D eigenvalue weighted by molar-refractivity contribution is 9.10. The lowest BCUT2D eigenvalue weighted by atomic mass is 10.1. The number of hydrogen-bond donors (Lipinski definition) is 0. The Labute approximate surface area is 150 Å². The van der Waals surface area contributed by atoms with Crippen molar-refractivity contribution in [3.05, 3.63) is 51.0 Å². The topological polar surface area (TPSA) is 38.1 Å². The van der Waals surface area contributed by atoms with Crippen LogP contribution in [0.1, 0.15) is 35.9 Å². The summed E-state index contributed by atoms with van der Waals surface area (Å²) in [5.41, 5.74) is 3.69. The van der Waals surface area contributed by atoms with Crippen molar-refractivity contribution in [2.45, 2.75) is 40.2 Å². The highest BCUT2D eigenvalue weighted by Crippen LogP contribution is 2.19. The second kappa shape index (κ2) is 7.92. The number of rotatable bonds is 6. The summed E-state index contributed by atoms with van der Waals surface area (Å²) in [5, 5.41) is 4.38. The highest BCUT2D eigenvalue weighted by Gasteiger charge is 2.17. The van der Waals surface area contributed by atoms with Crippen LogP contribution in [0.2, 0.25) is 0 Å². The summed E-state index contributed by atoms with van der Waals surface area (Å²) in [7, 11) is 1.90. The van der Waals surface area contributed by atoms with Crippen LogP contribution in [-0.4, -0.2) is 27.1 Å². The Morgan fingerprint density at radius 3 is 2.67 bits per heavy atom. The molecule has 0 unspecified atom stereocenters. The molecule has 130 valence electrons. The molecule has 0 atom stereocenters. The number of carbonyl (C=O) groups is 1. The normalized spacial score (nSPS) is 10.9. The Morgan fingerprint density at radius 2 is 2.08 bits per heavy atom. The van der Waals surface area contributed by atoms with E-state index in [0.29, 0.717) is 24.9 Å². The summed E-state index contributed by atoms with van der Waals surface area (Å²) >= 11 is 3.35. The standard InChI is InChI=1S/C18H23BrFN3O/c1-5-23(11-14-10-15(19)6-8-17(14)20)18(24)9-7-16-12(2)21-22(4)13(16)3/h6,8,10H,5,7,9,11H2,1-4H3. The molecule has 24 heavy (non-hydrogen) atoms. The van der Waals surface area contributed by atoms with Gasteiger partial charge in [-0.2, -0.15) is 5.10 Å². The minimum Gasteiger partial charge on any atom is -0.339 e. The minimum absolute atomic E-state index is 0.0273. The van der Waals surface area contributed by atoms with E-state index in [1.54, 1.807) is 17.0 Å². The maximum Gasteiger partial charge on any atom is 0.223 e. The molecule has 4 nitrogen and oxygen atoms in total. The van der Waals surface area contributed by atoms with E-state index in [0.717, 1.165) is 21.4 Å². The fourth-order valence-corrected chi connectivity index (χ4v) is 3.22. The van der Waals surface area contributed by atoms with Crippen LogP contribution in [0, 0.1) is 19.7 Å².